The number of anilines is 1. The molecule has 2 aromatic carbocycles. The SMILES string of the molecule is COc1cccc(-c2nnc(NC(=O)C(C)NC(=O)c3ccccc3Cl)s2)c1. The average Bonchev–Trinajstić information content (AvgIpc) is 3.16. The molecule has 0 saturated heterocycles. The standard InChI is InChI=1S/C19H17ClN4O3S/c1-11(21-17(26)14-8-3-4-9-15(14)20)16(25)22-19-24-23-18(28-19)12-6-5-7-13(10-12)27-2/h3-11H,1-2H3,(H,21,26)(H,22,24,25). The molecule has 0 bridgehead atoms. The Bertz CT molecular complexity index is 1010. The molecule has 0 radical (unpaired) electrons. The number of ether oxygens (including phenoxy) is 1. The van der Waals surface area contributed by atoms with Crippen LogP contribution in [0, 0.1) is 0 Å². The third kappa shape index (κ3) is 4.65. The Balaban J connectivity index is 1.64. The molecular formula is C19H17ClN4O3S. The molecule has 144 valence electrons. The Kier molecular flexibility index (Phi) is 6.23. The zero-order valence-corrected chi connectivity index (χ0v) is 16.7. The van der Waals surface area contributed by atoms with Gasteiger partial charge in [-0.1, -0.05) is 47.2 Å². The Hall–Kier alpha value is -2.97. The van der Waals surface area contributed by atoms with Crippen molar-refractivity contribution in [2.75, 3.05) is 12.4 Å². The van der Waals surface area contributed by atoms with Gasteiger partial charge in [-0.25, -0.2) is 0 Å². The van der Waals surface area contributed by atoms with Crippen molar-refractivity contribution in [3.8, 4) is 16.3 Å². The lowest BCUT2D eigenvalue weighted by Crippen LogP contribution is -2.41. The smallest absolute Gasteiger partial charge is 0.253 e. The van der Waals surface area contributed by atoms with Crippen LogP contribution < -0.4 is 15.4 Å². The average molecular weight is 417 g/mol. The van der Waals surface area contributed by atoms with Gasteiger partial charge in [-0.3, -0.25) is 14.9 Å². The minimum atomic E-state index is -0.784. The Morgan fingerprint density at radius 2 is 1.93 bits per heavy atom. The Morgan fingerprint density at radius 3 is 2.68 bits per heavy atom. The molecule has 28 heavy (non-hydrogen) atoms. The van der Waals surface area contributed by atoms with Gasteiger partial charge in [0.1, 0.15) is 16.8 Å². The van der Waals surface area contributed by atoms with Gasteiger partial charge in [-0.05, 0) is 31.2 Å². The topological polar surface area (TPSA) is 93.2 Å². The van der Waals surface area contributed by atoms with Crippen LogP contribution >= 0.6 is 22.9 Å². The van der Waals surface area contributed by atoms with E-state index < -0.39 is 17.9 Å². The summed E-state index contributed by atoms with van der Waals surface area (Å²) in [6, 6.07) is 13.2. The van der Waals surface area contributed by atoms with Crippen LogP contribution in [0.1, 0.15) is 17.3 Å². The summed E-state index contributed by atoms with van der Waals surface area (Å²) >= 11 is 7.23. The minimum absolute atomic E-state index is 0.306. The van der Waals surface area contributed by atoms with Gasteiger partial charge in [0.2, 0.25) is 11.0 Å². The van der Waals surface area contributed by atoms with E-state index in [1.165, 1.54) is 11.3 Å². The zero-order chi connectivity index (χ0) is 20.1. The van der Waals surface area contributed by atoms with E-state index >= 15 is 0 Å². The molecule has 0 spiro atoms. The Labute approximate surface area is 170 Å². The van der Waals surface area contributed by atoms with Crippen LogP contribution in [0.2, 0.25) is 5.02 Å². The summed E-state index contributed by atoms with van der Waals surface area (Å²) in [5.74, 6) is -0.134. The number of methoxy groups -OCH3 is 1. The fraction of sp³-hybridized carbons (Fsp3) is 0.158. The summed E-state index contributed by atoms with van der Waals surface area (Å²) in [7, 11) is 1.59. The van der Waals surface area contributed by atoms with Crippen molar-refractivity contribution in [3.63, 3.8) is 0 Å². The lowest BCUT2D eigenvalue weighted by Gasteiger charge is -2.13. The first kappa shape index (κ1) is 19.8. The fourth-order valence-electron chi connectivity index (χ4n) is 2.35. The van der Waals surface area contributed by atoms with Gasteiger partial charge in [0.25, 0.3) is 5.91 Å². The number of carbonyl (C=O) groups excluding carboxylic acids is 2. The van der Waals surface area contributed by atoms with Crippen LogP contribution in [-0.4, -0.2) is 35.2 Å². The van der Waals surface area contributed by atoms with Gasteiger partial charge in [0.05, 0.1) is 17.7 Å². The van der Waals surface area contributed by atoms with Gasteiger partial charge < -0.3 is 10.1 Å². The lowest BCUT2D eigenvalue weighted by molar-refractivity contribution is -0.117. The highest BCUT2D eigenvalue weighted by Crippen LogP contribution is 2.28. The van der Waals surface area contributed by atoms with Crippen molar-refractivity contribution in [3.05, 3.63) is 59.1 Å². The van der Waals surface area contributed by atoms with Crippen molar-refractivity contribution >= 4 is 39.9 Å². The maximum Gasteiger partial charge on any atom is 0.253 e. The van der Waals surface area contributed by atoms with E-state index in [0.717, 1.165) is 5.56 Å². The van der Waals surface area contributed by atoms with Crippen LogP contribution in [0.15, 0.2) is 48.5 Å². The summed E-state index contributed by atoms with van der Waals surface area (Å²) in [4.78, 5) is 24.6. The van der Waals surface area contributed by atoms with Crippen molar-refractivity contribution in [1.82, 2.24) is 15.5 Å². The molecule has 3 rings (SSSR count). The number of carbonyl (C=O) groups is 2. The largest absolute Gasteiger partial charge is 0.497 e. The number of hydrogen-bond donors (Lipinski definition) is 2. The normalized spacial score (nSPS) is 11.5. The predicted octanol–water partition coefficient (Wildman–Crippen LogP) is 3.62. The molecule has 1 unspecified atom stereocenters. The molecule has 7 nitrogen and oxygen atoms in total. The number of aromatic nitrogens is 2. The predicted molar refractivity (Wildman–Crippen MR) is 109 cm³/mol. The molecule has 0 saturated carbocycles. The van der Waals surface area contributed by atoms with Crippen LogP contribution in [0.3, 0.4) is 0 Å². The van der Waals surface area contributed by atoms with Crippen molar-refractivity contribution in [2.45, 2.75) is 13.0 Å². The number of hydrogen-bond acceptors (Lipinski definition) is 6. The first-order chi connectivity index (χ1) is 13.5. The molecule has 2 N–H and O–H groups in total. The van der Waals surface area contributed by atoms with E-state index in [4.69, 9.17) is 16.3 Å². The van der Waals surface area contributed by atoms with Gasteiger partial charge in [0, 0.05) is 5.56 Å². The summed E-state index contributed by atoms with van der Waals surface area (Å²) < 4.78 is 5.20. The monoisotopic (exact) mass is 416 g/mol. The highest BCUT2D eigenvalue weighted by molar-refractivity contribution is 7.18. The summed E-state index contributed by atoms with van der Waals surface area (Å²) in [5, 5.41) is 14.6. The molecule has 9 heteroatoms. The van der Waals surface area contributed by atoms with Crippen molar-refractivity contribution in [1.29, 1.82) is 0 Å². The third-order valence-electron chi connectivity index (χ3n) is 3.83. The number of benzene rings is 2. The molecule has 0 aliphatic heterocycles. The molecule has 0 aliphatic rings. The maximum absolute atomic E-state index is 12.4. The number of amides is 2. The zero-order valence-electron chi connectivity index (χ0n) is 15.1. The molecule has 0 aliphatic carbocycles. The first-order valence-corrected chi connectivity index (χ1v) is 9.51. The summed E-state index contributed by atoms with van der Waals surface area (Å²) in [6.07, 6.45) is 0. The molecule has 3 aromatic rings. The van der Waals surface area contributed by atoms with E-state index in [2.05, 4.69) is 20.8 Å². The van der Waals surface area contributed by atoms with Gasteiger partial charge in [-0.2, -0.15) is 0 Å². The van der Waals surface area contributed by atoms with Gasteiger partial charge in [-0.15, -0.1) is 10.2 Å². The van der Waals surface area contributed by atoms with Crippen LogP contribution in [0.4, 0.5) is 5.13 Å². The number of rotatable bonds is 6. The Morgan fingerprint density at radius 1 is 1.14 bits per heavy atom. The number of halogens is 1. The lowest BCUT2D eigenvalue weighted by atomic mass is 10.2. The highest BCUT2D eigenvalue weighted by atomic mass is 35.5. The second kappa shape index (κ2) is 8.81. The number of nitrogens with one attached hydrogen (secondary N) is 2. The second-order valence-corrected chi connectivity index (χ2v) is 7.19. The van der Waals surface area contributed by atoms with E-state index in [9.17, 15) is 9.59 Å². The minimum Gasteiger partial charge on any atom is -0.497 e. The van der Waals surface area contributed by atoms with E-state index in [1.807, 2.05) is 24.3 Å². The first-order valence-electron chi connectivity index (χ1n) is 8.32. The van der Waals surface area contributed by atoms with Gasteiger partial charge in [0.15, 0.2) is 0 Å². The van der Waals surface area contributed by atoms with Crippen LogP contribution in [0.25, 0.3) is 10.6 Å². The summed E-state index contributed by atoms with van der Waals surface area (Å²) in [6.45, 7) is 1.58. The summed E-state index contributed by atoms with van der Waals surface area (Å²) in [5.41, 5.74) is 1.14. The van der Waals surface area contributed by atoms with E-state index in [0.29, 0.717) is 26.5 Å². The fourth-order valence-corrected chi connectivity index (χ4v) is 3.31. The van der Waals surface area contributed by atoms with E-state index in [-0.39, 0.29) is 0 Å². The molecule has 2 amide bonds. The van der Waals surface area contributed by atoms with E-state index in [1.54, 1.807) is 38.3 Å². The molecule has 1 heterocycles. The van der Waals surface area contributed by atoms with Crippen molar-refractivity contribution < 1.29 is 14.3 Å². The maximum atomic E-state index is 12.4. The quantitative estimate of drug-likeness (QED) is 0.640. The van der Waals surface area contributed by atoms with Crippen LogP contribution in [-0.2, 0) is 4.79 Å². The molecule has 0 fully saturated rings. The second-order valence-electron chi connectivity index (χ2n) is 5.81. The molecule has 1 aromatic heterocycles. The van der Waals surface area contributed by atoms with Crippen molar-refractivity contribution in [2.24, 2.45) is 0 Å². The molecule has 1 atom stereocenters. The molecular weight excluding hydrogens is 400 g/mol. The number of nitrogens with zero attached hydrogens (tertiary/aromatic N) is 2. The highest BCUT2D eigenvalue weighted by Gasteiger charge is 2.19. The van der Waals surface area contributed by atoms with Gasteiger partial charge >= 0.3 is 0 Å². The van der Waals surface area contributed by atoms with Crippen LogP contribution in [0.5, 0.6) is 5.75 Å². The third-order valence-corrected chi connectivity index (χ3v) is 5.05.